The van der Waals surface area contributed by atoms with E-state index < -0.39 is 0 Å². The van der Waals surface area contributed by atoms with Crippen molar-refractivity contribution < 1.29 is 9.53 Å². The standard InChI is InChI=1S/C21H34N4O2/c1-15(2)12-22-20(24-14-19(26)25(7)8)23-13-17-10-9-16(3)11-18(17)27-21(4,5)6/h9-11H,1,12-14H2,2-8H3,(H2,22,23,24). The van der Waals surface area contributed by atoms with Crippen LogP contribution in [0, 0.1) is 6.92 Å². The zero-order chi connectivity index (χ0) is 20.6. The monoisotopic (exact) mass is 374 g/mol. The van der Waals surface area contributed by atoms with Gasteiger partial charge >= 0.3 is 0 Å². The number of amides is 1. The van der Waals surface area contributed by atoms with Crippen molar-refractivity contribution in [3.63, 3.8) is 0 Å². The number of rotatable bonds is 7. The molecular weight excluding hydrogens is 340 g/mol. The van der Waals surface area contributed by atoms with Gasteiger partial charge in [0.2, 0.25) is 5.91 Å². The molecule has 0 heterocycles. The maximum atomic E-state index is 11.9. The molecule has 0 radical (unpaired) electrons. The van der Waals surface area contributed by atoms with Crippen molar-refractivity contribution in [1.82, 2.24) is 15.5 Å². The van der Waals surface area contributed by atoms with Gasteiger partial charge < -0.3 is 20.3 Å². The van der Waals surface area contributed by atoms with Crippen molar-refractivity contribution in [2.45, 2.75) is 46.8 Å². The fourth-order valence-electron chi connectivity index (χ4n) is 2.11. The van der Waals surface area contributed by atoms with E-state index in [0.29, 0.717) is 19.0 Å². The highest BCUT2D eigenvalue weighted by Gasteiger charge is 2.15. The minimum Gasteiger partial charge on any atom is -0.488 e. The van der Waals surface area contributed by atoms with Crippen molar-refractivity contribution in [3.05, 3.63) is 41.5 Å². The van der Waals surface area contributed by atoms with E-state index in [1.165, 1.54) is 0 Å². The fraction of sp³-hybridized carbons (Fsp3) is 0.524. The second-order valence-electron chi connectivity index (χ2n) is 7.94. The molecule has 1 amide bonds. The minimum absolute atomic E-state index is 0.0214. The number of carbonyl (C=O) groups is 1. The maximum absolute atomic E-state index is 11.9. The van der Waals surface area contributed by atoms with E-state index in [4.69, 9.17) is 4.74 Å². The van der Waals surface area contributed by atoms with Crippen LogP contribution in [-0.4, -0.2) is 49.6 Å². The third-order valence-electron chi connectivity index (χ3n) is 3.51. The van der Waals surface area contributed by atoms with Gasteiger partial charge in [-0.2, -0.15) is 0 Å². The Morgan fingerprint density at radius 2 is 1.85 bits per heavy atom. The lowest BCUT2D eigenvalue weighted by Gasteiger charge is -2.23. The smallest absolute Gasteiger partial charge is 0.241 e. The van der Waals surface area contributed by atoms with Crippen LogP contribution in [0.4, 0.5) is 0 Å². The molecule has 2 N–H and O–H groups in total. The molecular formula is C21H34N4O2. The van der Waals surface area contributed by atoms with Crippen LogP contribution < -0.4 is 15.4 Å². The predicted octanol–water partition coefficient (Wildman–Crippen LogP) is 2.87. The highest BCUT2D eigenvalue weighted by atomic mass is 16.5. The molecule has 1 rings (SSSR count). The molecule has 0 aliphatic carbocycles. The van der Waals surface area contributed by atoms with Gasteiger partial charge in [-0.1, -0.05) is 24.3 Å². The summed E-state index contributed by atoms with van der Waals surface area (Å²) in [6.07, 6.45) is 0. The molecule has 0 aromatic heterocycles. The molecule has 0 aliphatic heterocycles. The number of guanidine groups is 1. The van der Waals surface area contributed by atoms with Crippen LogP contribution in [0.1, 0.15) is 38.8 Å². The van der Waals surface area contributed by atoms with Crippen LogP contribution in [0.25, 0.3) is 0 Å². The summed E-state index contributed by atoms with van der Waals surface area (Å²) in [5.74, 6) is 1.37. The van der Waals surface area contributed by atoms with Crippen molar-refractivity contribution >= 4 is 11.9 Å². The molecule has 6 nitrogen and oxygen atoms in total. The minimum atomic E-state index is -0.288. The summed E-state index contributed by atoms with van der Waals surface area (Å²) in [6, 6.07) is 6.10. The summed E-state index contributed by atoms with van der Waals surface area (Å²) in [4.78, 5) is 18.0. The quantitative estimate of drug-likeness (QED) is 0.438. The lowest BCUT2D eigenvalue weighted by Crippen LogP contribution is -2.43. The maximum Gasteiger partial charge on any atom is 0.241 e. The first-order valence-corrected chi connectivity index (χ1v) is 9.13. The summed E-state index contributed by atoms with van der Waals surface area (Å²) in [5, 5.41) is 6.26. The normalized spacial score (nSPS) is 11.7. The van der Waals surface area contributed by atoms with Gasteiger partial charge in [-0.25, -0.2) is 4.99 Å². The Balaban J connectivity index is 2.96. The largest absolute Gasteiger partial charge is 0.488 e. The van der Waals surface area contributed by atoms with Gasteiger partial charge in [-0.3, -0.25) is 4.79 Å². The summed E-state index contributed by atoms with van der Waals surface area (Å²) in [7, 11) is 3.45. The van der Waals surface area contributed by atoms with E-state index in [0.717, 1.165) is 22.4 Å². The van der Waals surface area contributed by atoms with E-state index in [9.17, 15) is 4.79 Å². The topological polar surface area (TPSA) is 66.0 Å². The average Bonchev–Trinajstić information content (AvgIpc) is 2.53. The fourth-order valence-corrected chi connectivity index (χ4v) is 2.11. The van der Waals surface area contributed by atoms with Gasteiger partial charge in [0.05, 0.1) is 13.1 Å². The predicted molar refractivity (Wildman–Crippen MR) is 112 cm³/mol. The molecule has 0 atom stereocenters. The Bertz CT molecular complexity index is 688. The van der Waals surface area contributed by atoms with E-state index in [2.05, 4.69) is 22.2 Å². The molecule has 1 aromatic rings. The summed E-state index contributed by atoms with van der Waals surface area (Å²) >= 11 is 0. The summed E-state index contributed by atoms with van der Waals surface area (Å²) in [5.41, 5.74) is 2.82. The third kappa shape index (κ3) is 9.13. The molecule has 0 aliphatic rings. The first-order chi connectivity index (χ1) is 12.5. The molecule has 6 heteroatoms. The first kappa shape index (κ1) is 22.5. The number of carbonyl (C=O) groups excluding carboxylic acids is 1. The zero-order valence-corrected chi connectivity index (χ0v) is 17.8. The van der Waals surface area contributed by atoms with Gasteiger partial charge in [-0.15, -0.1) is 0 Å². The zero-order valence-electron chi connectivity index (χ0n) is 17.8. The molecule has 0 fully saturated rings. The van der Waals surface area contributed by atoms with Crippen molar-refractivity contribution in [3.8, 4) is 5.75 Å². The number of nitrogens with one attached hydrogen (secondary N) is 2. The Morgan fingerprint density at radius 3 is 2.41 bits per heavy atom. The molecule has 0 spiro atoms. The Morgan fingerprint density at radius 1 is 1.22 bits per heavy atom. The lowest BCUT2D eigenvalue weighted by molar-refractivity contribution is -0.127. The van der Waals surface area contributed by atoms with Crippen LogP contribution in [0.5, 0.6) is 5.75 Å². The molecule has 0 bridgehead atoms. The lowest BCUT2D eigenvalue weighted by atomic mass is 10.1. The van der Waals surface area contributed by atoms with Crippen LogP contribution in [-0.2, 0) is 11.3 Å². The van der Waals surface area contributed by atoms with Gasteiger partial charge in [0, 0.05) is 26.2 Å². The van der Waals surface area contributed by atoms with E-state index in [-0.39, 0.29) is 18.1 Å². The SMILES string of the molecule is C=C(C)CNC(=NCc1ccc(C)cc1OC(C)(C)C)NCC(=O)N(C)C. The summed E-state index contributed by atoms with van der Waals surface area (Å²) in [6.45, 7) is 15.1. The van der Waals surface area contributed by atoms with Crippen molar-refractivity contribution in [2.24, 2.45) is 4.99 Å². The van der Waals surface area contributed by atoms with Crippen molar-refractivity contribution in [2.75, 3.05) is 27.2 Å². The first-order valence-electron chi connectivity index (χ1n) is 9.13. The summed E-state index contributed by atoms with van der Waals surface area (Å²) < 4.78 is 6.09. The Labute approximate surface area is 163 Å². The van der Waals surface area contributed by atoms with Gasteiger partial charge in [0.1, 0.15) is 11.4 Å². The van der Waals surface area contributed by atoms with E-state index in [1.807, 2.05) is 52.8 Å². The number of nitrogens with zero attached hydrogens (tertiary/aromatic N) is 2. The number of aliphatic imine (C=N–C) groups is 1. The van der Waals surface area contributed by atoms with Gasteiger partial charge in [0.25, 0.3) is 0 Å². The molecule has 1 aromatic carbocycles. The molecule has 0 saturated carbocycles. The van der Waals surface area contributed by atoms with Crippen LogP contribution in [0.3, 0.4) is 0 Å². The second kappa shape index (κ2) is 10.00. The average molecular weight is 375 g/mol. The van der Waals surface area contributed by atoms with Crippen LogP contribution in [0.15, 0.2) is 35.3 Å². The highest BCUT2D eigenvalue weighted by molar-refractivity contribution is 5.86. The van der Waals surface area contributed by atoms with Crippen LogP contribution >= 0.6 is 0 Å². The number of aryl methyl sites for hydroxylation is 1. The Kier molecular flexibility index (Phi) is 8.34. The second-order valence-corrected chi connectivity index (χ2v) is 7.94. The van der Waals surface area contributed by atoms with Gasteiger partial charge in [0.15, 0.2) is 5.96 Å². The Hall–Kier alpha value is -2.50. The number of benzene rings is 1. The number of ether oxygens (including phenoxy) is 1. The molecule has 0 unspecified atom stereocenters. The third-order valence-corrected chi connectivity index (χ3v) is 3.51. The highest BCUT2D eigenvalue weighted by Crippen LogP contribution is 2.25. The number of hydrogen-bond donors (Lipinski definition) is 2. The number of likely N-dealkylation sites (N-methyl/N-ethyl adjacent to an activating group) is 1. The molecule has 150 valence electrons. The van der Waals surface area contributed by atoms with Crippen molar-refractivity contribution in [1.29, 1.82) is 0 Å². The molecule has 27 heavy (non-hydrogen) atoms. The molecule has 0 saturated heterocycles. The number of hydrogen-bond acceptors (Lipinski definition) is 3. The van der Waals surface area contributed by atoms with Crippen LogP contribution in [0.2, 0.25) is 0 Å². The van der Waals surface area contributed by atoms with E-state index in [1.54, 1.807) is 19.0 Å². The van der Waals surface area contributed by atoms with E-state index >= 15 is 0 Å². The van der Waals surface area contributed by atoms with Gasteiger partial charge in [-0.05, 0) is 46.2 Å².